The quantitative estimate of drug-likeness (QED) is 0.754. The lowest BCUT2D eigenvalue weighted by atomic mass is 10.1. The number of rotatable bonds is 7. The highest BCUT2D eigenvalue weighted by atomic mass is 19.2. The van der Waals surface area contributed by atoms with Crippen molar-refractivity contribution in [3.8, 4) is 0 Å². The molecular weight excluding hydrogens is 268 g/mol. The van der Waals surface area contributed by atoms with Crippen LogP contribution in [-0.4, -0.2) is 23.5 Å². The Morgan fingerprint density at radius 1 is 1.30 bits per heavy atom. The van der Waals surface area contributed by atoms with E-state index in [0.29, 0.717) is 24.9 Å². The van der Waals surface area contributed by atoms with Crippen LogP contribution >= 0.6 is 0 Å². The van der Waals surface area contributed by atoms with Gasteiger partial charge in [-0.25, -0.2) is 8.78 Å². The maximum absolute atomic E-state index is 12.9. The SMILES string of the molecule is CC(CCCNC(=O)Cc1ccc(F)c(F)c1)C(=O)O. The van der Waals surface area contributed by atoms with Gasteiger partial charge in [0.1, 0.15) is 0 Å². The molecule has 1 amide bonds. The van der Waals surface area contributed by atoms with E-state index in [2.05, 4.69) is 5.32 Å². The van der Waals surface area contributed by atoms with Gasteiger partial charge in [0, 0.05) is 6.54 Å². The van der Waals surface area contributed by atoms with Crippen LogP contribution in [-0.2, 0) is 16.0 Å². The Labute approximate surface area is 115 Å². The summed E-state index contributed by atoms with van der Waals surface area (Å²) in [6.07, 6.45) is 0.990. The molecule has 4 nitrogen and oxygen atoms in total. The van der Waals surface area contributed by atoms with Gasteiger partial charge in [-0.15, -0.1) is 0 Å². The Balaban J connectivity index is 2.30. The number of nitrogens with one attached hydrogen (secondary N) is 1. The van der Waals surface area contributed by atoms with E-state index in [1.807, 2.05) is 0 Å². The standard InChI is InChI=1S/C14H17F2NO3/c1-9(14(19)20)3-2-6-17-13(18)8-10-4-5-11(15)12(16)7-10/h4-5,7,9H,2-3,6,8H2,1H3,(H,17,18)(H,19,20). The number of carboxylic acids is 1. The smallest absolute Gasteiger partial charge is 0.306 e. The first kappa shape index (κ1) is 16.1. The van der Waals surface area contributed by atoms with Crippen LogP contribution in [0, 0.1) is 17.6 Å². The molecule has 0 bridgehead atoms. The molecule has 110 valence electrons. The van der Waals surface area contributed by atoms with Crippen molar-refractivity contribution in [3.63, 3.8) is 0 Å². The van der Waals surface area contributed by atoms with Gasteiger partial charge in [0.15, 0.2) is 11.6 Å². The first-order valence-corrected chi connectivity index (χ1v) is 6.33. The number of carbonyl (C=O) groups excluding carboxylic acids is 1. The summed E-state index contributed by atoms with van der Waals surface area (Å²) in [6.45, 7) is 1.96. The van der Waals surface area contributed by atoms with Crippen molar-refractivity contribution in [1.29, 1.82) is 0 Å². The Bertz CT molecular complexity index is 491. The summed E-state index contributed by atoms with van der Waals surface area (Å²) in [4.78, 5) is 22.1. The Hall–Kier alpha value is -1.98. The zero-order valence-electron chi connectivity index (χ0n) is 11.2. The predicted molar refractivity (Wildman–Crippen MR) is 69.1 cm³/mol. The topological polar surface area (TPSA) is 66.4 Å². The number of benzene rings is 1. The Morgan fingerprint density at radius 3 is 2.60 bits per heavy atom. The average molecular weight is 285 g/mol. The van der Waals surface area contributed by atoms with Crippen molar-refractivity contribution in [2.75, 3.05) is 6.54 Å². The minimum Gasteiger partial charge on any atom is -0.481 e. The molecule has 0 aliphatic rings. The second-order valence-electron chi connectivity index (χ2n) is 4.66. The van der Waals surface area contributed by atoms with E-state index in [1.165, 1.54) is 6.07 Å². The van der Waals surface area contributed by atoms with Gasteiger partial charge in [0.2, 0.25) is 5.91 Å². The lowest BCUT2D eigenvalue weighted by Gasteiger charge is -2.07. The highest BCUT2D eigenvalue weighted by Gasteiger charge is 2.10. The molecule has 1 aromatic carbocycles. The van der Waals surface area contributed by atoms with Gasteiger partial charge in [-0.3, -0.25) is 9.59 Å². The lowest BCUT2D eigenvalue weighted by molar-refractivity contribution is -0.141. The monoisotopic (exact) mass is 285 g/mol. The van der Waals surface area contributed by atoms with E-state index in [4.69, 9.17) is 5.11 Å². The van der Waals surface area contributed by atoms with Crippen LogP contribution in [0.5, 0.6) is 0 Å². The Morgan fingerprint density at radius 2 is 2.00 bits per heavy atom. The highest BCUT2D eigenvalue weighted by Crippen LogP contribution is 2.09. The minimum absolute atomic E-state index is 0.0360. The predicted octanol–water partition coefficient (Wildman–Crippen LogP) is 2.12. The fraction of sp³-hybridized carbons (Fsp3) is 0.429. The summed E-state index contributed by atoms with van der Waals surface area (Å²) in [7, 11) is 0. The number of aliphatic carboxylic acids is 1. The summed E-state index contributed by atoms with van der Waals surface area (Å²) in [5.41, 5.74) is 0.389. The molecule has 0 aliphatic carbocycles. The number of hydrogen-bond donors (Lipinski definition) is 2. The van der Waals surface area contributed by atoms with Crippen LogP contribution < -0.4 is 5.32 Å². The number of carboxylic acid groups (broad SMARTS) is 1. The molecule has 1 unspecified atom stereocenters. The maximum Gasteiger partial charge on any atom is 0.306 e. The maximum atomic E-state index is 12.9. The van der Waals surface area contributed by atoms with Crippen molar-refractivity contribution in [3.05, 3.63) is 35.4 Å². The second-order valence-corrected chi connectivity index (χ2v) is 4.66. The van der Waals surface area contributed by atoms with Crippen LogP contribution in [0.3, 0.4) is 0 Å². The molecule has 0 saturated carbocycles. The summed E-state index contributed by atoms with van der Waals surface area (Å²) in [5, 5.41) is 11.3. The van der Waals surface area contributed by atoms with Crippen LogP contribution in [0.1, 0.15) is 25.3 Å². The van der Waals surface area contributed by atoms with Gasteiger partial charge in [-0.05, 0) is 30.5 Å². The normalized spacial score (nSPS) is 11.9. The highest BCUT2D eigenvalue weighted by molar-refractivity contribution is 5.78. The molecule has 6 heteroatoms. The first-order valence-electron chi connectivity index (χ1n) is 6.33. The zero-order valence-corrected chi connectivity index (χ0v) is 11.2. The molecule has 1 rings (SSSR count). The van der Waals surface area contributed by atoms with Crippen molar-refractivity contribution in [1.82, 2.24) is 5.32 Å². The zero-order chi connectivity index (χ0) is 15.1. The summed E-state index contributed by atoms with van der Waals surface area (Å²) < 4.78 is 25.6. The van der Waals surface area contributed by atoms with Crippen LogP contribution in [0.25, 0.3) is 0 Å². The molecule has 0 aromatic heterocycles. The van der Waals surface area contributed by atoms with Gasteiger partial charge < -0.3 is 10.4 Å². The third-order valence-corrected chi connectivity index (χ3v) is 2.91. The third kappa shape index (κ3) is 5.34. The lowest BCUT2D eigenvalue weighted by Crippen LogP contribution is -2.26. The molecule has 0 heterocycles. The fourth-order valence-corrected chi connectivity index (χ4v) is 1.66. The molecule has 0 aliphatic heterocycles. The summed E-state index contributed by atoms with van der Waals surface area (Å²) in [6, 6.07) is 3.32. The Kier molecular flexibility index (Phi) is 6.09. The molecule has 0 radical (unpaired) electrons. The van der Waals surface area contributed by atoms with Crippen LogP contribution in [0.2, 0.25) is 0 Å². The van der Waals surface area contributed by atoms with E-state index in [9.17, 15) is 18.4 Å². The van der Waals surface area contributed by atoms with Gasteiger partial charge >= 0.3 is 5.97 Å². The van der Waals surface area contributed by atoms with Gasteiger partial charge in [0.25, 0.3) is 0 Å². The van der Waals surface area contributed by atoms with E-state index in [-0.39, 0.29) is 12.3 Å². The van der Waals surface area contributed by atoms with Gasteiger partial charge in [-0.2, -0.15) is 0 Å². The minimum atomic E-state index is -0.981. The molecular formula is C14H17F2NO3. The van der Waals surface area contributed by atoms with Gasteiger partial charge in [-0.1, -0.05) is 13.0 Å². The van der Waals surface area contributed by atoms with E-state index in [0.717, 1.165) is 12.1 Å². The molecule has 0 fully saturated rings. The first-order chi connectivity index (χ1) is 9.40. The van der Waals surface area contributed by atoms with Gasteiger partial charge in [0.05, 0.1) is 12.3 Å². The number of carbonyl (C=O) groups is 2. The molecule has 0 spiro atoms. The second kappa shape index (κ2) is 7.57. The fourth-order valence-electron chi connectivity index (χ4n) is 1.66. The van der Waals surface area contributed by atoms with Crippen molar-refractivity contribution in [2.45, 2.75) is 26.2 Å². The largest absolute Gasteiger partial charge is 0.481 e. The van der Waals surface area contributed by atoms with Crippen molar-refractivity contribution < 1.29 is 23.5 Å². The van der Waals surface area contributed by atoms with E-state index >= 15 is 0 Å². The average Bonchev–Trinajstić information content (AvgIpc) is 2.38. The van der Waals surface area contributed by atoms with Crippen LogP contribution in [0.15, 0.2) is 18.2 Å². The number of hydrogen-bond acceptors (Lipinski definition) is 2. The molecule has 1 aromatic rings. The molecule has 2 N–H and O–H groups in total. The van der Waals surface area contributed by atoms with Crippen LogP contribution in [0.4, 0.5) is 8.78 Å². The summed E-state index contributed by atoms with van der Waals surface area (Å²) in [5.74, 6) is -3.54. The third-order valence-electron chi connectivity index (χ3n) is 2.91. The number of amides is 1. The molecule has 1 atom stereocenters. The number of halogens is 2. The van der Waals surface area contributed by atoms with E-state index in [1.54, 1.807) is 6.92 Å². The molecule has 20 heavy (non-hydrogen) atoms. The summed E-state index contributed by atoms with van der Waals surface area (Å²) >= 11 is 0. The van der Waals surface area contributed by atoms with Crippen molar-refractivity contribution in [2.24, 2.45) is 5.92 Å². The molecule has 0 saturated heterocycles. The van der Waals surface area contributed by atoms with E-state index < -0.39 is 23.5 Å². The van der Waals surface area contributed by atoms with Crippen molar-refractivity contribution >= 4 is 11.9 Å².